The average molecular weight is 292 g/mol. The molecule has 0 radical (unpaired) electrons. The fourth-order valence-corrected chi connectivity index (χ4v) is 3.61. The van der Waals surface area contributed by atoms with Crippen LogP contribution >= 0.6 is 11.3 Å². The number of hydrogen-bond donors (Lipinski definition) is 1. The van der Waals surface area contributed by atoms with Gasteiger partial charge < -0.3 is 15.0 Å². The first-order valence-corrected chi connectivity index (χ1v) is 8.18. The van der Waals surface area contributed by atoms with Crippen LogP contribution < -0.4 is 10.2 Å². The summed E-state index contributed by atoms with van der Waals surface area (Å²) >= 11 is 1.70. The lowest BCUT2D eigenvalue weighted by Crippen LogP contribution is -2.25. The molecule has 5 nitrogen and oxygen atoms in total. The molecule has 2 aliphatic rings. The van der Waals surface area contributed by atoms with Crippen LogP contribution in [0.4, 0.5) is 5.82 Å². The molecule has 0 amide bonds. The van der Waals surface area contributed by atoms with Crippen LogP contribution in [0.1, 0.15) is 25.0 Å². The minimum Gasteiger partial charge on any atom is -0.380 e. The predicted octanol–water partition coefficient (Wildman–Crippen LogP) is 1.87. The number of hydrogen-bond acceptors (Lipinski definition) is 5. The minimum absolute atomic E-state index is 0.346. The Morgan fingerprint density at radius 1 is 1.45 bits per heavy atom. The molecule has 20 heavy (non-hydrogen) atoms. The highest BCUT2D eigenvalue weighted by Gasteiger charge is 2.28. The molecule has 3 heterocycles. The van der Waals surface area contributed by atoms with Crippen molar-refractivity contribution >= 4 is 22.1 Å². The third-order valence-corrected chi connectivity index (χ3v) is 5.01. The Kier molecular flexibility index (Phi) is 3.17. The zero-order chi connectivity index (χ0) is 13.5. The molecule has 2 fully saturated rings. The van der Waals surface area contributed by atoms with E-state index in [2.05, 4.69) is 26.2 Å². The van der Waals surface area contributed by atoms with Crippen LogP contribution in [0.25, 0.3) is 4.96 Å². The molecule has 1 aliphatic heterocycles. The maximum atomic E-state index is 5.48. The largest absolute Gasteiger partial charge is 0.380 e. The topological polar surface area (TPSA) is 41.8 Å². The number of nitrogens with zero attached hydrogens (tertiary/aromatic N) is 3. The van der Waals surface area contributed by atoms with Gasteiger partial charge in [0.15, 0.2) is 10.8 Å². The van der Waals surface area contributed by atoms with Gasteiger partial charge in [0.25, 0.3) is 0 Å². The van der Waals surface area contributed by atoms with Crippen molar-refractivity contribution < 1.29 is 4.74 Å². The van der Waals surface area contributed by atoms with E-state index in [4.69, 9.17) is 9.72 Å². The van der Waals surface area contributed by atoms with E-state index in [9.17, 15) is 0 Å². The van der Waals surface area contributed by atoms with E-state index in [1.807, 2.05) is 0 Å². The summed E-state index contributed by atoms with van der Waals surface area (Å²) in [6.45, 7) is 2.91. The molecule has 0 aromatic carbocycles. The average Bonchev–Trinajstić information content (AvgIpc) is 2.90. The van der Waals surface area contributed by atoms with E-state index in [-0.39, 0.29) is 0 Å². The molecule has 1 N–H and O–H groups in total. The predicted molar refractivity (Wildman–Crippen MR) is 80.6 cm³/mol. The zero-order valence-corrected chi connectivity index (χ0v) is 12.5. The van der Waals surface area contributed by atoms with E-state index >= 15 is 0 Å². The van der Waals surface area contributed by atoms with Crippen LogP contribution in [0.5, 0.6) is 0 Å². The Balaban J connectivity index is 1.62. The lowest BCUT2D eigenvalue weighted by atomic mass is 10.3. The van der Waals surface area contributed by atoms with E-state index < -0.39 is 0 Å². The van der Waals surface area contributed by atoms with Crippen molar-refractivity contribution in [1.29, 1.82) is 0 Å². The van der Waals surface area contributed by atoms with Crippen molar-refractivity contribution in [2.24, 2.45) is 0 Å². The Morgan fingerprint density at radius 2 is 2.35 bits per heavy atom. The standard InChI is InChI=1S/C14H20N4OS/c1-19-11-4-5-17(9-11)13-12(8-15-10-2-3-10)18-6-7-20-14(18)16-13/h6-7,10-11,15H,2-5,8-9H2,1H3. The second-order valence-corrected chi connectivity index (χ2v) is 6.56. The lowest BCUT2D eigenvalue weighted by Gasteiger charge is -2.17. The summed E-state index contributed by atoms with van der Waals surface area (Å²) in [7, 11) is 1.80. The van der Waals surface area contributed by atoms with Crippen molar-refractivity contribution in [3.8, 4) is 0 Å². The Hall–Kier alpha value is -1.11. The molecule has 6 heteroatoms. The SMILES string of the molecule is COC1CCN(c2nc3sccn3c2CNC2CC2)C1. The molecular weight excluding hydrogens is 272 g/mol. The number of methoxy groups -OCH3 is 1. The highest BCUT2D eigenvalue weighted by molar-refractivity contribution is 7.15. The van der Waals surface area contributed by atoms with Crippen LogP contribution in [0.3, 0.4) is 0 Å². The van der Waals surface area contributed by atoms with E-state index in [0.717, 1.165) is 42.9 Å². The number of aromatic nitrogens is 2. The van der Waals surface area contributed by atoms with E-state index in [0.29, 0.717) is 6.10 Å². The molecular formula is C14H20N4OS. The van der Waals surface area contributed by atoms with Crippen LogP contribution in [0, 0.1) is 0 Å². The Morgan fingerprint density at radius 3 is 3.10 bits per heavy atom. The van der Waals surface area contributed by atoms with Crippen molar-refractivity contribution in [3.05, 3.63) is 17.3 Å². The summed E-state index contributed by atoms with van der Waals surface area (Å²) in [5.74, 6) is 1.14. The number of thiazole rings is 1. The summed E-state index contributed by atoms with van der Waals surface area (Å²) in [6, 6.07) is 0.720. The van der Waals surface area contributed by atoms with Crippen LogP contribution in [0.2, 0.25) is 0 Å². The molecule has 1 atom stereocenters. The summed E-state index contributed by atoms with van der Waals surface area (Å²) in [4.78, 5) is 8.30. The summed E-state index contributed by atoms with van der Waals surface area (Å²) in [6.07, 6.45) is 6.20. The normalized spacial score (nSPS) is 23.1. The van der Waals surface area contributed by atoms with Gasteiger partial charge in [-0.05, 0) is 19.3 Å². The van der Waals surface area contributed by atoms with Gasteiger partial charge in [0.05, 0.1) is 11.8 Å². The van der Waals surface area contributed by atoms with E-state index in [1.54, 1.807) is 18.4 Å². The molecule has 0 bridgehead atoms. The lowest BCUT2D eigenvalue weighted by molar-refractivity contribution is 0.121. The highest BCUT2D eigenvalue weighted by atomic mass is 32.1. The maximum absolute atomic E-state index is 5.48. The van der Waals surface area contributed by atoms with Crippen LogP contribution in [-0.2, 0) is 11.3 Å². The summed E-state index contributed by atoms with van der Waals surface area (Å²) in [5.41, 5.74) is 1.30. The minimum atomic E-state index is 0.346. The Labute approximate surface area is 122 Å². The third kappa shape index (κ3) is 2.21. The first kappa shape index (κ1) is 12.6. The Bertz CT molecular complexity index is 603. The number of fused-ring (bicyclic) bond motifs is 1. The summed E-state index contributed by atoms with van der Waals surface area (Å²) < 4.78 is 7.71. The van der Waals surface area contributed by atoms with Crippen molar-refractivity contribution in [2.75, 3.05) is 25.1 Å². The quantitative estimate of drug-likeness (QED) is 0.913. The monoisotopic (exact) mass is 292 g/mol. The number of imidazole rings is 1. The number of ether oxygens (including phenoxy) is 1. The first-order chi connectivity index (χ1) is 9.85. The number of nitrogens with one attached hydrogen (secondary N) is 1. The fraction of sp³-hybridized carbons (Fsp3) is 0.643. The number of rotatable bonds is 5. The molecule has 0 spiro atoms. The van der Waals surface area contributed by atoms with Gasteiger partial charge in [-0.2, -0.15) is 0 Å². The van der Waals surface area contributed by atoms with Gasteiger partial charge in [0.2, 0.25) is 0 Å². The molecule has 1 saturated heterocycles. The third-order valence-electron chi connectivity index (χ3n) is 4.25. The maximum Gasteiger partial charge on any atom is 0.195 e. The second-order valence-electron chi connectivity index (χ2n) is 5.69. The zero-order valence-electron chi connectivity index (χ0n) is 11.7. The van der Waals surface area contributed by atoms with Gasteiger partial charge in [-0.15, -0.1) is 11.3 Å². The molecule has 1 saturated carbocycles. The van der Waals surface area contributed by atoms with Gasteiger partial charge in [0.1, 0.15) is 0 Å². The van der Waals surface area contributed by atoms with Gasteiger partial charge in [-0.3, -0.25) is 4.40 Å². The summed E-state index contributed by atoms with van der Waals surface area (Å²) in [5, 5.41) is 5.72. The smallest absolute Gasteiger partial charge is 0.195 e. The van der Waals surface area contributed by atoms with Crippen LogP contribution in [0.15, 0.2) is 11.6 Å². The fourth-order valence-electron chi connectivity index (χ4n) is 2.88. The van der Waals surface area contributed by atoms with Gasteiger partial charge in [-0.1, -0.05) is 0 Å². The molecule has 108 valence electrons. The molecule has 1 unspecified atom stereocenters. The number of anilines is 1. The molecule has 2 aromatic heterocycles. The van der Waals surface area contributed by atoms with Gasteiger partial charge in [0, 0.05) is 44.4 Å². The molecule has 2 aromatic rings. The highest BCUT2D eigenvalue weighted by Crippen LogP contribution is 2.29. The van der Waals surface area contributed by atoms with Gasteiger partial charge in [-0.25, -0.2) is 4.98 Å². The second kappa shape index (κ2) is 5.02. The van der Waals surface area contributed by atoms with Crippen molar-refractivity contribution in [3.63, 3.8) is 0 Å². The molecule has 4 rings (SSSR count). The first-order valence-electron chi connectivity index (χ1n) is 7.30. The molecule has 1 aliphatic carbocycles. The van der Waals surface area contributed by atoms with Crippen molar-refractivity contribution in [2.45, 2.75) is 38.0 Å². The van der Waals surface area contributed by atoms with Crippen LogP contribution in [-0.4, -0.2) is 41.7 Å². The van der Waals surface area contributed by atoms with Gasteiger partial charge >= 0.3 is 0 Å². The van der Waals surface area contributed by atoms with Crippen molar-refractivity contribution in [1.82, 2.24) is 14.7 Å². The van der Waals surface area contributed by atoms with E-state index in [1.165, 1.54) is 18.5 Å².